The van der Waals surface area contributed by atoms with E-state index in [1.807, 2.05) is 43.3 Å². The van der Waals surface area contributed by atoms with Crippen LogP contribution in [0.25, 0.3) is 0 Å². The molecule has 6 heteroatoms. The minimum absolute atomic E-state index is 0.154. The summed E-state index contributed by atoms with van der Waals surface area (Å²) >= 11 is 0. The van der Waals surface area contributed by atoms with Gasteiger partial charge in [-0.15, -0.1) is 0 Å². The number of hydrogen-bond donors (Lipinski definition) is 1. The van der Waals surface area contributed by atoms with Gasteiger partial charge in [-0.3, -0.25) is 9.59 Å². The standard InChI is InChI=1S/C16H22N2O4/c1-17(2)7-8-18(10-15(19)20)16(21)13-9-12-5-3-4-6-14(12)22-11-13/h3-6,13H,7-11H2,1-2H3,(H,19,20). The lowest BCUT2D eigenvalue weighted by Gasteiger charge is -2.30. The number of nitrogens with zero attached hydrogens (tertiary/aromatic N) is 2. The van der Waals surface area contributed by atoms with E-state index in [9.17, 15) is 9.59 Å². The molecule has 2 rings (SSSR count). The fourth-order valence-corrected chi connectivity index (χ4v) is 2.50. The van der Waals surface area contributed by atoms with Crippen molar-refractivity contribution in [3.05, 3.63) is 29.8 Å². The Kier molecular flexibility index (Phi) is 5.38. The van der Waals surface area contributed by atoms with Crippen LogP contribution in [0.15, 0.2) is 24.3 Å². The smallest absolute Gasteiger partial charge is 0.323 e. The number of carboxylic acids is 1. The molecule has 1 amide bonds. The van der Waals surface area contributed by atoms with E-state index in [1.165, 1.54) is 4.90 Å². The van der Waals surface area contributed by atoms with Gasteiger partial charge in [0, 0.05) is 13.1 Å². The molecule has 0 saturated carbocycles. The SMILES string of the molecule is CN(C)CCN(CC(=O)O)C(=O)C1COc2ccccc2C1. The van der Waals surface area contributed by atoms with Crippen molar-refractivity contribution in [1.82, 2.24) is 9.80 Å². The second-order valence-electron chi connectivity index (χ2n) is 5.78. The van der Waals surface area contributed by atoms with Crippen LogP contribution in [-0.2, 0) is 16.0 Å². The first-order valence-corrected chi connectivity index (χ1v) is 7.33. The first-order chi connectivity index (χ1) is 10.5. The Labute approximate surface area is 130 Å². The number of amides is 1. The molecule has 0 aromatic heterocycles. The first kappa shape index (κ1) is 16.3. The molecule has 0 aliphatic carbocycles. The number of fused-ring (bicyclic) bond motifs is 1. The topological polar surface area (TPSA) is 70.1 Å². The third kappa shape index (κ3) is 4.21. The van der Waals surface area contributed by atoms with E-state index in [0.29, 0.717) is 26.1 Å². The van der Waals surface area contributed by atoms with Crippen molar-refractivity contribution in [3.8, 4) is 5.75 Å². The van der Waals surface area contributed by atoms with E-state index in [1.54, 1.807) is 0 Å². The number of likely N-dealkylation sites (N-methyl/N-ethyl adjacent to an activating group) is 1. The predicted molar refractivity (Wildman–Crippen MR) is 81.9 cm³/mol. The highest BCUT2D eigenvalue weighted by Gasteiger charge is 2.30. The molecule has 1 aromatic rings. The number of carbonyl (C=O) groups is 2. The van der Waals surface area contributed by atoms with Crippen LogP contribution in [0.3, 0.4) is 0 Å². The summed E-state index contributed by atoms with van der Waals surface area (Å²) in [5, 5.41) is 9.02. The fraction of sp³-hybridized carbons (Fsp3) is 0.500. The van der Waals surface area contributed by atoms with E-state index in [0.717, 1.165) is 11.3 Å². The molecule has 0 radical (unpaired) electrons. The largest absolute Gasteiger partial charge is 0.492 e. The van der Waals surface area contributed by atoms with Gasteiger partial charge >= 0.3 is 5.97 Å². The number of benzene rings is 1. The van der Waals surface area contributed by atoms with Gasteiger partial charge in [0.1, 0.15) is 18.9 Å². The van der Waals surface area contributed by atoms with Crippen LogP contribution in [0.5, 0.6) is 5.75 Å². The zero-order valence-corrected chi connectivity index (χ0v) is 13.0. The average Bonchev–Trinajstić information content (AvgIpc) is 2.49. The van der Waals surface area contributed by atoms with Crippen molar-refractivity contribution in [2.45, 2.75) is 6.42 Å². The number of carboxylic acid groups (broad SMARTS) is 1. The van der Waals surface area contributed by atoms with Crippen LogP contribution in [0.2, 0.25) is 0 Å². The normalized spacial score (nSPS) is 16.8. The van der Waals surface area contributed by atoms with Crippen molar-refractivity contribution in [3.63, 3.8) is 0 Å². The van der Waals surface area contributed by atoms with Gasteiger partial charge in [-0.05, 0) is 32.1 Å². The molecule has 120 valence electrons. The molecule has 0 bridgehead atoms. The number of para-hydroxylation sites is 1. The van der Waals surface area contributed by atoms with Crippen LogP contribution in [-0.4, -0.2) is 67.1 Å². The summed E-state index contributed by atoms with van der Waals surface area (Å²) in [7, 11) is 3.78. The van der Waals surface area contributed by atoms with E-state index >= 15 is 0 Å². The second-order valence-corrected chi connectivity index (χ2v) is 5.78. The van der Waals surface area contributed by atoms with Crippen molar-refractivity contribution in [1.29, 1.82) is 0 Å². The van der Waals surface area contributed by atoms with Crippen molar-refractivity contribution in [2.24, 2.45) is 5.92 Å². The monoisotopic (exact) mass is 306 g/mol. The Morgan fingerprint density at radius 2 is 2.00 bits per heavy atom. The molecule has 1 heterocycles. The van der Waals surface area contributed by atoms with Gasteiger partial charge in [0.25, 0.3) is 0 Å². The zero-order chi connectivity index (χ0) is 16.1. The average molecular weight is 306 g/mol. The summed E-state index contributed by atoms with van der Waals surface area (Å²) in [6.45, 7) is 1.05. The summed E-state index contributed by atoms with van der Waals surface area (Å²) in [6, 6.07) is 7.64. The maximum Gasteiger partial charge on any atom is 0.323 e. The zero-order valence-electron chi connectivity index (χ0n) is 13.0. The summed E-state index contributed by atoms with van der Waals surface area (Å²) in [4.78, 5) is 27.0. The van der Waals surface area contributed by atoms with Crippen LogP contribution < -0.4 is 4.74 Å². The third-order valence-corrected chi connectivity index (χ3v) is 3.68. The molecule has 1 aliphatic heterocycles. The molecule has 1 aromatic carbocycles. The minimum atomic E-state index is -0.996. The Morgan fingerprint density at radius 3 is 2.68 bits per heavy atom. The van der Waals surface area contributed by atoms with Gasteiger partial charge < -0.3 is 19.6 Å². The maximum atomic E-state index is 12.6. The quantitative estimate of drug-likeness (QED) is 0.838. The highest BCUT2D eigenvalue weighted by molar-refractivity contribution is 5.83. The van der Waals surface area contributed by atoms with Gasteiger partial charge in [-0.1, -0.05) is 18.2 Å². The number of carbonyl (C=O) groups excluding carboxylic acids is 1. The highest BCUT2D eigenvalue weighted by Crippen LogP contribution is 2.27. The Balaban J connectivity index is 2.05. The highest BCUT2D eigenvalue weighted by atomic mass is 16.5. The van der Waals surface area contributed by atoms with E-state index in [-0.39, 0.29) is 18.4 Å². The molecule has 1 unspecified atom stereocenters. The molecule has 1 N–H and O–H groups in total. The lowest BCUT2D eigenvalue weighted by Crippen LogP contribution is -2.45. The van der Waals surface area contributed by atoms with Gasteiger partial charge in [0.2, 0.25) is 5.91 Å². The summed E-state index contributed by atoms with van der Waals surface area (Å²) in [5.74, 6) is -0.663. The lowest BCUT2D eigenvalue weighted by atomic mass is 9.95. The molecule has 0 saturated heterocycles. The predicted octanol–water partition coefficient (Wildman–Crippen LogP) is 0.713. The molecule has 1 atom stereocenters. The molecular formula is C16H22N2O4. The van der Waals surface area contributed by atoms with Gasteiger partial charge in [-0.2, -0.15) is 0 Å². The Bertz CT molecular complexity index is 545. The third-order valence-electron chi connectivity index (χ3n) is 3.68. The first-order valence-electron chi connectivity index (χ1n) is 7.33. The lowest BCUT2D eigenvalue weighted by molar-refractivity contribution is -0.147. The molecule has 0 spiro atoms. The number of aliphatic carboxylic acids is 1. The van der Waals surface area contributed by atoms with Crippen molar-refractivity contribution >= 4 is 11.9 Å². The van der Waals surface area contributed by atoms with Gasteiger partial charge in [-0.25, -0.2) is 0 Å². The fourth-order valence-electron chi connectivity index (χ4n) is 2.50. The van der Waals surface area contributed by atoms with Crippen LogP contribution in [0, 0.1) is 5.92 Å². The van der Waals surface area contributed by atoms with E-state index < -0.39 is 5.97 Å². The molecule has 1 aliphatic rings. The minimum Gasteiger partial charge on any atom is -0.492 e. The molecule has 22 heavy (non-hydrogen) atoms. The van der Waals surface area contributed by atoms with Crippen LogP contribution in [0.4, 0.5) is 0 Å². The molecular weight excluding hydrogens is 284 g/mol. The van der Waals surface area contributed by atoms with Crippen molar-refractivity contribution < 1.29 is 19.4 Å². The van der Waals surface area contributed by atoms with Crippen LogP contribution >= 0.6 is 0 Å². The number of rotatable bonds is 6. The van der Waals surface area contributed by atoms with Gasteiger partial charge in [0.15, 0.2) is 0 Å². The van der Waals surface area contributed by atoms with E-state index in [4.69, 9.17) is 9.84 Å². The summed E-state index contributed by atoms with van der Waals surface area (Å²) < 4.78 is 5.63. The maximum absolute atomic E-state index is 12.6. The van der Waals surface area contributed by atoms with Crippen LogP contribution in [0.1, 0.15) is 5.56 Å². The summed E-state index contributed by atoms with van der Waals surface area (Å²) in [5.41, 5.74) is 0.995. The summed E-state index contributed by atoms with van der Waals surface area (Å²) in [6.07, 6.45) is 0.590. The number of ether oxygens (including phenoxy) is 1. The Hall–Kier alpha value is -2.08. The Morgan fingerprint density at radius 1 is 1.27 bits per heavy atom. The van der Waals surface area contributed by atoms with E-state index in [2.05, 4.69) is 0 Å². The molecule has 6 nitrogen and oxygen atoms in total. The molecule has 0 fully saturated rings. The van der Waals surface area contributed by atoms with Gasteiger partial charge in [0.05, 0.1) is 5.92 Å². The second kappa shape index (κ2) is 7.26. The number of hydrogen-bond acceptors (Lipinski definition) is 4. The van der Waals surface area contributed by atoms with Crippen molar-refractivity contribution in [2.75, 3.05) is 40.3 Å².